The molecule has 0 aromatic heterocycles. The second kappa shape index (κ2) is 4.90. The molecule has 7 heteroatoms. The zero-order valence-corrected chi connectivity index (χ0v) is 10.4. The van der Waals surface area contributed by atoms with Gasteiger partial charge in [-0.15, -0.1) is 0 Å². The smallest absolute Gasteiger partial charge is 0.324 e. The van der Waals surface area contributed by atoms with Crippen molar-refractivity contribution in [2.24, 2.45) is 17.6 Å². The first kappa shape index (κ1) is 14.5. The molecular weight excluding hydrogens is 289 g/mol. The predicted molar refractivity (Wildman–Crippen MR) is 60.6 cm³/mol. The van der Waals surface area contributed by atoms with Gasteiger partial charge in [-0.25, -0.2) is 8.78 Å². The van der Waals surface area contributed by atoms with Gasteiger partial charge < -0.3 is 5.73 Å². The molecular formula is C12H11ClF5N. The maximum atomic E-state index is 13.7. The van der Waals surface area contributed by atoms with Crippen LogP contribution < -0.4 is 5.73 Å². The standard InChI is InChI=1S/C12H11ClF5N/c13-9-8(14)2-1-7(10(9)15)11(19)5-3-6(4-5)12(16,17)18/h1-2,5-6,11H,3-4,19H2. The molecule has 0 aliphatic heterocycles. The fourth-order valence-corrected chi connectivity index (χ4v) is 2.45. The molecule has 1 atom stereocenters. The first-order valence-corrected chi connectivity index (χ1v) is 6.05. The molecule has 2 rings (SSSR count). The molecule has 1 unspecified atom stereocenters. The lowest BCUT2D eigenvalue weighted by Crippen LogP contribution is -2.40. The summed E-state index contributed by atoms with van der Waals surface area (Å²) < 4.78 is 63.7. The molecule has 1 aromatic carbocycles. The van der Waals surface area contributed by atoms with E-state index < -0.39 is 40.7 Å². The van der Waals surface area contributed by atoms with E-state index in [1.54, 1.807) is 0 Å². The van der Waals surface area contributed by atoms with Crippen molar-refractivity contribution in [2.45, 2.75) is 25.1 Å². The van der Waals surface area contributed by atoms with Crippen molar-refractivity contribution >= 4 is 11.6 Å². The van der Waals surface area contributed by atoms with E-state index in [0.29, 0.717) is 0 Å². The third-order valence-electron chi connectivity index (χ3n) is 3.57. The molecule has 19 heavy (non-hydrogen) atoms. The van der Waals surface area contributed by atoms with Crippen LogP contribution in [0.2, 0.25) is 5.02 Å². The Hall–Kier alpha value is -0.880. The first-order valence-electron chi connectivity index (χ1n) is 5.67. The predicted octanol–water partition coefficient (Wildman–Crippen LogP) is 4.21. The normalized spacial score (nSPS) is 25.0. The minimum Gasteiger partial charge on any atom is -0.324 e. The summed E-state index contributed by atoms with van der Waals surface area (Å²) >= 11 is 5.41. The Morgan fingerprint density at radius 1 is 1.21 bits per heavy atom. The van der Waals surface area contributed by atoms with Crippen molar-refractivity contribution < 1.29 is 22.0 Å². The zero-order chi connectivity index (χ0) is 14.4. The van der Waals surface area contributed by atoms with Gasteiger partial charge >= 0.3 is 6.18 Å². The molecule has 1 fully saturated rings. The van der Waals surface area contributed by atoms with E-state index in [1.165, 1.54) is 0 Å². The molecule has 0 radical (unpaired) electrons. The van der Waals surface area contributed by atoms with Crippen LogP contribution >= 0.6 is 11.6 Å². The number of hydrogen-bond acceptors (Lipinski definition) is 1. The van der Waals surface area contributed by atoms with Crippen molar-refractivity contribution in [1.29, 1.82) is 0 Å². The molecule has 0 bridgehead atoms. The molecule has 2 N–H and O–H groups in total. The van der Waals surface area contributed by atoms with E-state index in [0.717, 1.165) is 12.1 Å². The van der Waals surface area contributed by atoms with E-state index in [-0.39, 0.29) is 18.4 Å². The Bertz CT molecular complexity index is 482. The highest BCUT2D eigenvalue weighted by atomic mass is 35.5. The van der Waals surface area contributed by atoms with Gasteiger partial charge in [0.05, 0.1) is 5.92 Å². The number of hydrogen-bond donors (Lipinski definition) is 1. The largest absolute Gasteiger partial charge is 0.391 e. The van der Waals surface area contributed by atoms with Crippen LogP contribution in [-0.2, 0) is 0 Å². The second-order valence-electron chi connectivity index (χ2n) is 4.76. The Labute approximate surface area is 111 Å². The lowest BCUT2D eigenvalue weighted by molar-refractivity contribution is -0.206. The maximum Gasteiger partial charge on any atom is 0.391 e. The van der Waals surface area contributed by atoms with Gasteiger partial charge in [0.25, 0.3) is 0 Å². The van der Waals surface area contributed by atoms with E-state index >= 15 is 0 Å². The van der Waals surface area contributed by atoms with Crippen LogP contribution in [0.25, 0.3) is 0 Å². The minimum atomic E-state index is -4.24. The van der Waals surface area contributed by atoms with Crippen LogP contribution in [0.3, 0.4) is 0 Å². The number of rotatable bonds is 2. The van der Waals surface area contributed by atoms with Crippen LogP contribution in [-0.4, -0.2) is 6.18 Å². The van der Waals surface area contributed by atoms with E-state index in [2.05, 4.69) is 0 Å². The number of alkyl halides is 3. The molecule has 106 valence electrons. The minimum absolute atomic E-state index is 0.0444. The molecule has 1 nitrogen and oxygen atoms in total. The van der Waals surface area contributed by atoms with Gasteiger partial charge in [0.15, 0.2) is 0 Å². The van der Waals surface area contributed by atoms with Crippen LogP contribution in [0.15, 0.2) is 12.1 Å². The molecule has 1 aliphatic carbocycles. The molecule has 1 aromatic rings. The van der Waals surface area contributed by atoms with Crippen LogP contribution in [0.4, 0.5) is 22.0 Å². The number of halogens is 6. The average Bonchev–Trinajstić information content (AvgIpc) is 2.21. The summed E-state index contributed by atoms with van der Waals surface area (Å²) in [5, 5.41) is -0.681. The quantitative estimate of drug-likeness (QED) is 0.642. The fourth-order valence-electron chi connectivity index (χ4n) is 2.27. The highest BCUT2D eigenvalue weighted by Gasteiger charge is 2.49. The maximum absolute atomic E-state index is 13.7. The molecule has 0 heterocycles. The van der Waals surface area contributed by atoms with Gasteiger partial charge in [0, 0.05) is 11.6 Å². The number of nitrogens with two attached hydrogens (primary N) is 1. The highest BCUT2D eigenvalue weighted by Crippen LogP contribution is 2.49. The first-order chi connectivity index (χ1) is 8.71. The van der Waals surface area contributed by atoms with Crippen LogP contribution in [0, 0.1) is 23.5 Å². The van der Waals surface area contributed by atoms with Crippen LogP contribution in [0.1, 0.15) is 24.4 Å². The Balaban J connectivity index is 2.11. The van der Waals surface area contributed by atoms with Gasteiger partial charge in [-0.3, -0.25) is 0 Å². The summed E-state index contributed by atoms with van der Waals surface area (Å²) in [5.74, 6) is -3.77. The highest BCUT2D eigenvalue weighted by molar-refractivity contribution is 6.30. The zero-order valence-electron chi connectivity index (χ0n) is 9.65. The van der Waals surface area contributed by atoms with Gasteiger partial charge in [-0.1, -0.05) is 17.7 Å². The summed E-state index contributed by atoms with van der Waals surface area (Å²) in [6, 6.07) is 1.18. The lowest BCUT2D eigenvalue weighted by atomic mass is 9.69. The van der Waals surface area contributed by atoms with E-state index in [1.807, 2.05) is 0 Å². The number of benzene rings is 1. The van der Waals surface area contributed by atoms with Gasteiger partial charge in [0.1, 0.15) is 16.7 Å². The Morgan fingerprint density at radius 3 is 2.32 bits per heavy atom. The summed E-state index contributed by atoms with van der Waals surface area (Å²) in [6.07, 6.45) is -4.52. The Kier molecular flexibility index (Phi) is 3.75. The summed E-state index contributed by atoms with van der Waals surface area (Å²) in [7, 11) is 0. The van der Waals surface area contributed by atoms with Crippen molar-refractivity contribution in [3.8, 4) is 0 Å². The average molecular weight is 300 g/mol. The van der Waals surface area contributed by atoms with Gasteiger partial charge in [-0.2, -0.15) is 13.2 Å². The van der Waals surface area contributed by atoms with Crippen molar-refractivity contribution in [3.63, 3.8) is 0 Å². The summed E-state index contributed by atoms with van der Waals surface area (Å²) in [5.41, 5.74) is 5.69. The molecule has 0 amide bonds. The fraction of sp³-hybridized carbons (Fsp3) is 0.500. The van der Waals surface area contributed by atoms with Crippen molar-refractivity contribution in [1.82, 2.24) is 0 Å². The van der Waals surface area contributed by atoms with Crippen LogP contribution in [0.5, 0.6) is 0 Å². The van der Waals surface area contributed by atoms with Gasteiger partial charge in [-0.05, 0) is 24.8 Å². The molecule has 0 saturated heterocycles. The third-order valence-corrected chi connectivity index (χ3v) is 3.92. The van der Waals surface area contributed by atoms with Crippen molar-refractivity contribution in [2.75, 3.05) is 0 Å². The molecule has 1 aliphatic rings. The van der Waals surface area contributed by atoms with E-state index in [4.69, 9.17) is 17.3 Å². The molecule has 0 spiro atoms. The lowest BCUT2D eigenvalue weighted by Gasteiger charge is -2.40. The Morgan fingerprint density at radius 2 is 1.79 bits per heavy atom. The topological polar surface area (TPSA) is 26.0 Å². The van der Waals surface area contributed by atoms with Gasteiger partial charge in [0.2, 0.25) is 0 Å². The summed E-state index contributed by atoms with van der Waals surface area (Å²) in [6.45, 7) is 0. The summed E-state index contributed by atoms with van der Waals surface area (Å²) in [4.78, 5) is 0. The monoisotopic (exact) mass is 299 g/mol. The third kappa shape index (κ3) is 2.69. The second-order valence-corrected chi connectivity index (χ2v) is 5.14. The van der Waals surface area contributed by atoms with E-state index in [9.17, 15) is 22.0 Å². The van der Waals surface area contributed by atoms with Crippen molar-refractivity contribution in [3.05, 3.63) is 34.4 Å². The SMILES string of the molecule is NC(c1ccc(F)c(Cl)c1F)C1CC(C(F)(F)F)C1. The molecule has 1 saturated carbocycles.